The number of thiol groups is 1. The van der Waals surface area contributed by atoms with E-state index in [-0.39, 0.29) is 0 Å². The highest BCUT2D eigenvalue weighted by Gasteiger charge is 2.47. The summed E-state index contributed by atoms with van der Waals surface area (Å²) in [7, 11) is -4.21. The highest BCUT2D eigenvalue weighted by Crippen LogP contribution is 2.67. The predicted molar refractivity (Wildman–Crippen MR) is 226 cm³/mol. The highest BCUT2D eigenvalue weighted by atomic mass is 32.4. The van der Waals surface area contributed by atoms with Crippen LogP contribution >= 0.6 is 26.6 Å². The van der Waals surface area contributed by atoms with Crippen LogP contribution in [0.15, 0.2) is 222 Å². The van der Waals surface area contributed by atoms with E-state index in [1.165, 1.54) is 41.8 Å². The second-order valence-electron chi connectivity index (χ2n) is 11.8. The molecule has 0 heterocycles. The number of rotatable bonds is 10. The molecule has 0 saturated heterocycles. The summed E-state index contributed by atoms with van der Waals surface area (Å²) in [5, 5.41) is 10.0. The van der Waals surface area contributed by atoms with Gasteiger partial charge in [0.1, 0.15) is 0 Å². The van der Waals surface area contributed by atoms with Crippen LogP contribution in [-0.4, -0.2) is 8.07 Å². The standard InChI is InChI=1S/C44H36P2S2Si/c47-44(49(40-30-16-5-17-31-40,41-32-18-6-19-33-41)42-34-20-7-21-35-42)43(45(36-22-8-1-9-23-36)37-24-10-2-11-25-37)46(48,38-26-12-3-13-27-38)39-28-14-4-15-29-39/h1-35,47H/b44-43-. The summed E-state index contributed by atoms with van der Waals surface area (Å²) in [6.07, 6.45) is 0. The summed E-state index contributed by atoms with van der Waals surface area (Å²) in [5.74, 6) is 0. The Balaban J connectivity index is 1.75. The van der Waals surface area contributed by atoms with Gasteiger partial charge in [-0.1, -0.05) is 224 Å². The third kappa shape index (κ3) is 6.39. The first-order valence-corrected chi connectivity index (χ1v) is 23.0. The molecule has 0 aliphatic heterocycles. The van der Waals surface area contributed by atoms with Gasteiger partial charge < -0.3 is 0 Å². The van der Waals surface area contributed by atoms with E-state index in [2.05, 4.69) is 212 Å². The molecule has 0 N–H and O–H groups in total. The van der Waals surface area contributed by atoms with Gasteiger partial charge in [-0.15, -0.1) is 0 Å². The normalized spacial score (nSPS) is 12.4. The van der Waals surface area contributed by atoms with Gasteiger partial charge in [-0.05, 0) is 49.2 Å². The van der Waals surface area contributed by atoms with Gasteiger partial charge in [0.15, 0.2) is 8.07 Å². The van der Waals surface area contributed by atoms with Crippen molar-refractivity contribution in [3.05, 3.63) is 222 Å². The zero-order valence-electron chi connectivity index (χ0n) is 27.0. The van der Waals surface area contributed by atoms with E-state index in [9.17, 15) is 0 Å². The monoisotopic (exact) mass is 718 g/mol. The van der Waals surface area contributed by atoms with Crippen molar-refractivity contribution in [1.29, 1.82) is 0 Å². The maximum atomic E-state index is 7.37. The Morgan fingerprint density at radius 1 is 0.408 bits per heavy atom. The van der Waals surface area contributed by atoms with Crippen molar-refractivity contribution in [2.75, 3.05) is 0 Å². The van der Waals surface area contributed by atoms with Gasteiger partial charge in [0.2, 0.25) is 0 Å². The Labute approximate surface area is 303 Å². The zero-order chi connectivity index (χ0) is 33.5. The summed E-state index contributed by atoms with van der Waals surface area (Å²) >= 11 is 13.4. The lowest BCUT2D eigenvalue weighted by Gasteiger charge is -2.41. The second kappa shape index (κ2) is 15.2. The molecule has 0 aromatic heterocycles. The molecule has 5 heteroatoms. The van der Waals surface area contributed by atoms with Crippen LogP contribution in [0.2, 0.25) is 0 Å². The van der Waals surface area contributed by atoms with Crippen molar-refractivity contribution >= 4 is 83.2 Å². The molecule has 0 spiro atoms. The number of hydrogen-bond acceptors (Lipinski definition) is 2. The van der Waals surface area contributed by atoms with Crippen LogP contribution in [0, 0.1) is 0 Å². The SMILES string of the molecule is S=P(/C(=C(/S)[Si](c1ccccc1)(c1ccccc1)c1ccccc1)P(c1ccccc1)c1ccccc1)(c1ccccc1)c1ccccc1. The zero-order valence-corrected chi connectivity index (χ0v) is 31.5. The largest absolute Gasteiger partial charge is 0.187 e. The first-order chi connectivity index (χ1) is 24.1. The number of hydrogen-bond donors (Lipinski definition) is 1. The molecule has 0 fully saturated rings. The van der Waals surface area contributed by atoms with Crippen LogP contribution in [0.1, 0.15) is 0 Å². The molecule has 0 saturated carbocycles. The summed E-state index contributed by atoms with van der Waals surface area (Å²) in [5.41, 5.74) is 0. The van der Waals surface area contributed by atoms with Crippen molar-refractivity contribution in [2.24, 2.45) is 0 Å². The Morgan fingerprint density at radius 3 is 0.980 bits per heavy atom. The van der Waals surface area contributed by atoms with E-state index in [1.54, 1.807) is 0 Å². The lowest BCUT2D eigenvalue weighted by atomic mass is 10.3. The molecule has 0 nitrogen and oxygen atoms in total. The number of benzene rings is 7. The topological polar surface area (TPSA) is 0 Å². The van der Waals surface area contributed by atoms with Gasteiger partial charge in [0.25, 0.3) is 0 Å². The second-order valence-corrected chi connectivity index (χ2v) is 23.3. The first-order valence-electron chi connectivity index (χ1n) is 16.4. The molecular formula is C44H36P2S2Si. The molecule has 0 amide bonds. The van der Waals surface area contributed by atoms with E-state index in [1.807, 2.05) is 0 Å². The minimum absolute atomic E-state index is 1.12. The van der Waals surface area contributed by atoms with Crippen LogP contribution < -0.4 is 36.8 Å². The van der Waals surface area contributed by atoms with Crippen molar-refractivity contribution in [2.45, 2.75) is 0 Å². The summed E-state index contributed by atoms with van der Waals surface area (Å²) < 4.78 is 1.12. The maximum Gasteiger partial charge on any atom is 0.187 e. The Morgan fingerprint density at radius 2 is 0.673 bits per heavy atom. The van der Waals surface area contributed by atoms with E-state index < -0.39 is 22.0 Å². The fourth-order valence-electron chi connectivity index (χ4n) is 6.76. The van der Waals surface area contributed by atoms with Gasteiger partial charge in [-0.25, -0.2) is 0 Å². The van der Waals surface area contributed by atoms with Crippen LogP contribution in [-0.2, 0) is 11.8 Å². The summed E-state index contributed by atoms with van der Waals surface area (Å²) in [6.45, 7) is 0. The molecule has 0 bridgehead atoms. The van der Waals surface area contributed by atoms with Crippen LogP contribution in [0.4, 0.5) is 0 Å². The third-order valence-corrected chi connectivity index (χ3v) is 24.4. The van der Waals surface area contributed by atoms with E-state index in [0.29, 0.717) is 0 Å². The minimum atomic E-state index is -3.07. The predicted octanol–water partition coefficient (Wildman–Crippen LogP) is 8.06. The molecule has 0 unspecified atom stereocenters. The van der Waals surface area contributed by atoms with Gasteiger partial charge in [-0.3, -0.25) is 0 Å². The fraction of sp³-hybridized carbons (Fsp3) is 0. The molecule has 7 aromatic rings. The fourth-order valence-corrected chi connectivity index (χ4v) is 23.7. The smallest absolute Gasteiger partial charge is 0.150 e. The molecule has 7 aromatic carbocycles. The van der Waals surface area contributed by atoms with E-state index in [0.717, 1.165) is 4.53 Å². The first kappa shape index (κ1) is 33.4. The van der Waals surface area contributed by atoms with Gasteiger partial charge >= 0.3 is 0 Å². The van der Waals surface area contributed by atoms with Crippen molar-refractivity contribution in [1.82, 2.24) is 0 Å². The highest BCUT2D eigenvalue weighted by molar-refractivity contribution is 8.28. The lowest BCUT2D eigenvalue weighted by Crippen LogP contribution is -2.68. The van der Waals surface area contributed by atoms with E-state index >= 15 is 0 Å². The van der Waals surface area contributed by atoms with Crippen molar-refractivity contribution < 1.29 is 0 Å². The average Bonchev–Trinajstić information content (AvgIpc) is 3.19. The molecule has 238 valence electrons. The summed E-state index contributed by atoms with van der Waals surface area (Å²) in [4.78, 5) is 0. The minimum Gasteiger partial charge on any atom is -0.150 e. The molecule has 0 radical (unpaired) electrons. The lowest BCUT2D eigenvalue weighted by molar-refractivity contribution is 1.68. The maximum absolute atomic E-state index is 7.37. The molecule has 0 aliphatic rings. The van der Waals surface area contributed by atoms with E-state index in [4.69, 9.17) is 24.4 Å². The van der Waals surface area contributed by atoms with Crippen molar-refractivity contribution in [3.63, 3.8) is 0 Å². The van der Waals surface area contributed by atoms with Crippen molar-refractivity contribution in [3.8, 4) is 0 Å². The average molecular weight is 719 g/mol. The Hall–Kier alpha value is -4.07. The molecule has 7 rings (SSSR count). The Kier molecular flexibility index (Phi) is 10.4. The van der Waals surface area contributed by atoms with Gasteiger partial charge in [-0.2, -0.15) is 12.6 Å². The Bertz CT molecular complexity index is 2000. The molecule has 0 aliphatic carbocycles. The molecular weight excluding hydrogens is 683 g/mol. The van der Waals surface area contributed by atoms with Crippen LogP contribution in [0.3, 0.4) is 0 Å². The molecule has 0 atom stereocenters. The quantitative estimate of drug-likeness (QED) is 0.0647. The summed E-state index contributed by atoms with van der Waals surface area (Å²) in [6, 6.07) is 74.2. The third-order valence-electron chi connectivity index (χ3n) is 8.97. The molecule has 49 heavy (non-hydrogen) atoms. The van der Waals surface area contributed by atoms with Gasteiger partial charge in [0.05, 0.1) is 0 Å². The van der Waals surface area contributed by atoms with Gasteiger partial charge in [0, 0.05) is 11.1 Å². The van der Waals surface area contributed by atoms with Crippen LogP contribution in [0.25, 0.3) is 0 Å². The van der Waals surface area contributed by atoms with Crippen LogP contribution in [0.5, 0.6) is 0 Å².